The van der Waals surface area contributed by atoms with Gasteiger partial charge in [-0.25, -0.2) is 4.98 Å². The standard InChI is InChI=1S/C22H31N5O2S/c1-14-10-16-17(29-13-28-16)11-18(14)30-21-26-19-15(6-8-25-20(19)23)27(21)9-5-7-24-12-22(2,3)4/h6,10-11,24-25H,5,7-9,12-13,23H2,1-4H3. The highest BCUT2D eigenvalue weighted by Crippen LogP contribution is 2.39. The molecule has 2 aliphatic rings. The SMILES string of the molecule is Cc1cc2c(cc1Sc1nc3c(n1CCCNCC(C)(C)C)=CCNC=3N)OCO2. The molecule has 0 spiro atoms. The van der Waals surface area contributed by atoms with E-state index in [1.165, 1.54) is 0 Å². The van der Waals surface area contributed by atoms with Gasteiger partial charge in [-0.1, -0.05) is 32.5 Å². The van der Waals surface area contributed by atoms with Crippen LogP contribution in [0.3, 0.4) is 0 Å². The number of fused-ring (bicyclic) bond motifs is 2. The highest BCUT2D eigenvalue weighted by molar-refractivity contribution is 7.99. The van der Waals surface area contributed by atoms with Crippen LogP contribution in [0.5, 0.6) is 11.5 Å². The number of aromatic nitrogens is 2. The molecule has 1 aromatic carbocycles. The monoisotopic (exact) mass is 429 g/mol. The Morgan fingerprint density at radius 2 is 2.03 bits per heavy atom. The first kappa shape index (κ1) is 20.9. The molecule has 0 fully saturated rings. The van der Waals surface area contributed by atoms with Gasteiger partial charge in [0, 0.05) is 18.0 Å². The van der Waals surface area contributed by atoms with E-state index in [0.717, 1.165) is 70.4 Å². The van der Waals surface area contributed by atoms with Crippen LogP contribution in [0.4, 0.5) is 0 Å². The summed E-state index contributed by atoms with van der Waals surface area (Å²) < 4.78 is 13.4. The highest BCUT2D eigenvalue weighted by atomic mass is 32.2. The fourth-order valence-electron chi connectivity index (χ4n) is 3.54. The van der Waals surface area contributed by atoms with E-state index in [4.69, 9.17) is 20.2 Å². The zero-order valence-electron chi connectivity index (χ0n) is 18.2. The molecule has 3 heterocycles. The van der Waals surface area contributed by atoms with Crippen molar-refractivity contribution in [3.05, 3.63) is 28.4 Å². The van der Waals surface area contributed by atoms with Crippen molar-refractivity contribution in [2.24, 2.45) is 11.1 Å². The molecule has 0 amide bonds. The van der Waals surface area contributed by atoms with E-state index in [1.54, 1.807) is 11.8 Å². The minimum atomic E-state index is 0.277. The average molecular weight is 430 g/mol. The zero-order chi connectivity index (χ0) is 21.3. The van der Waals surface area contributed by atoms with Gasteiger partial charge in [0.05, 0.1) is 5.35 Å². The van der Waals surface area contributed by atoms with Gasteiger partial charge in [-0.2, -0.15) is 0 Å². The quantitative estimate of drug-likeness (QED) is 0.575. The van der Waals surface area contributed by atoms with Crippen LogP contribution in [-0.4, -0.2) is 36.0 Å². The summed E-state index contributed by atoms with van der Waals surface area (Å²) >= 11 is 1.65. The van der Waals surface area contributed by atoms with Gasteiger partial charge in [-0.3, -0.25) is 0 Å². The Kier molecular flexibility index (Phi) is 5.88. The van der Waals surface area contributed by atoms with E-state index < -0.39 is 0 Å². The third kappa shape index (κ3) is 4.54. The summed E-state index contributed by atoms with van der Waals surface area (Å²) in [6, 6.07) is 4.07. The largest absolute Gasteiger partial charge is 0.454 e. The van der Waals surface area contributed by atoms with Gasteiger partial charge in [-0.15, -0.1) is 0 Å². The second-order valence-corrected chi connectivity index (χ2v) is 9.95. The van der Waals surface area contributed by atoms with Crippen LogP contribution in [0.1, 0.15) is 32.8 Å². The lowest BCUT2D eigenvalue weighted by molar-refractivity contribution is 0.174. The van der Waals surface area contributed by atoms with Crippen molar-refractivity contribution in [3.63, 3.8) is 0 Å². The number of hydrogen-bond donors (Lipinski definition) is 3. The van der Waals surface area contributed by atoms with Crippen molar-refractivity contribution in [1.29, 1.82) is 0 Å². The second-order valence-electron chi connectivity index (χ2n) is 8.94. The van der Waals surface area contributed by atoms with Crippen molar-refractivity contribution >= 4 is 23.7 Å². The van der Waals surface area contributed by atoms with Crippen molar-refractivity contribution in [1.82, 2.24) is 20.2 Å². The van der Waals surface area contributed by atoms with E-state index in [1.807, 2.05) is 12.1 Å². The summed E-state index contributed by atoms with van der Waals surface area (Å²) in [4.78, 5) is 5.99. The lowest BCUT2D eigenvalue weighted by Crippen LogP contribution is -2.43. The molecule has 0 atom stereocenters. The summed E-state index contributed by atoms with van der Waals surface area (Å²) in [7, 11) is 0. The van der Waals surface area contributed by atoms with Crippen LogP contribution in [0.2, 0.25) is 0 Å². The Morgan fingerprint density at radius 3 is 2.80 bits per heavy atom. The summed E-state index contributed by atoms with van der Waals surface area (Å²) in [5.41, 5.74) is 7.63. The molecule has 30 heavy (non-hydrogen) atoms. The number of benzene rings is 1. The Balaban J connectivity index is 1.58. The fourth-order valence-corrected chi connectivity index (χ4v) is 4.56. The Hall–Kier alpha value is -2.32. The number of nitrogens with zero attached hydrogens (tertiary/aromatic N) is 2. The molecule has 8 heteroatoms. The van der Waals surface area contributed by atoms with Gasteiger partial charge in [0.15, 0.2) is 16.7 Å². The number of nitrogens with two attached hydrogens (primary N) is 1. The maximum atomic E-state index is 6.20. The Morgan fingerprint density at radius 1 is 1.27 bits per heavy atom. The van der Waals surface area contributed by atoms with E-state index in [0.29, 0.717) is 5.82 Å². The summed E-state index contributed by atoms with van der Waals surface area (Å²) in [6.07, 6.45) is 3.19. The molecule has 0 bridgehead atoms. The molecule has 162 valence electrons. The third-order valence-electron chi connectivity index (χ3n) is 5.08. The zero-order valence-corrected chi connectivity index (χ0v) is 19.0. The van der Waals surface area contributed by atoms with Crippen LogP contribution in [0.25, 0.3) is 11.9 Å². The lowest BCUT2D eigenvalue weighted by atomic mass is 9.97. The first-order chi connectivity index (χ1) is 14.3. The first-order valence-electron chi connectivity index (χ1n) is 10.4. The van der Waals surface area contributed by atoms with Gasteiger partial charge in [0.25, 0.3) is 0 Å². The summed E-state index contributed by atoms with van der Waals surface area (Å²) in [6.45, 7) is 12.7. The molecule has 0 radical (unpaired) electrons. The molecule has 4 rings (SSSR count). The normalized spacial score (nSPS) is 15.0. The molecule has 0 saturated heterocycles. The number of imidazole rings is 1. The molecular formula is C22H31N5O2S. The number of nitrogens with one attached hydrogen (secondary N) is 2. The lowest BCUT2D eigenvalue weighted by Gasteiger charge is -2.19. The predicted octanol–water partition coefficient (Wildman–Crippen LogP) is 1.51. The minimum Gasteiger partial charge on any atom is -0.454 e. The number of aryl methyl sites for hydroxylation is 1. The van der Waals surface area contributed by atoms with Crippen molar-refractivity contribution < 1.29 is 9.47 Å². The molecule has 1 aromatic heterocycles. The average Bonchev–Trinajstić information content (AvgIpc) is 3.26. The van der Waals surface area contributed by atoms with Crippen molar-refractivity contribution in [2.75, 3.05) is 26.4 Å². The Labute approximate surface area is 181 Å². The maximum Gasteiger partial charge on any atom is 0.231 e. The smallest absolute Gasteiger partial charge is 0.231 e. The number of hydrogen-bond acceptors (Lipinski definition) is 7. The number of rotatable bonds is 7. The van der Waals surface area contributed by atoms with Crippen molar-refractivity contribution in [2.45, 2.75) is 50.7 Å². The summed E-state index contributed by atoms with van der Waals surface area (Å²) in [5, 5.41) is 9.63. The van der Waals surface area contributed by atoms with E-state index in [9.17, 15) is 0 Å². The van der Waals surface area contributed by atoms with Gasteiger partial charge in [0.2, 0.25) is 6.79 Å². The van der Waals surface area contributed by atoms with Crippen LogP contribution in [0, 0.1) is 12.3 Å². The van der Waals surface area contributed by atoms with Crippen LogP contribution in [0.15, 0.2) is 22.2 Å². The Bertz CT molecular complexity index is 1050. The molecule has 0 aliphatic carbocycles. The first-order valence-corrected chi connectivity index (χ1v) is 11.2. The topological polar surface area (TPSA) is 86.4 Å². The van der Waals surface area contributed by atoms with Gasteiger partial charge >= 0.3 is 0 Å². The second kappa shape index (κ2) is 8.43. The van der Waals surface area contributed by atoms with Crippen LogP contribution in [-0.2, 0) is 6.54 Å². The van der Waals surface area contributed by atoms with Crippen LogP contribution >= 0.6 is 11.8 Å². The molecule has 2 aromatic rings. The van der Waals surface area contributed by atoms with Gasteiger partial charge in [-0.05, 0) is 55.6 Å². The maximum absolute atomic E-state index is 6.20. The van der Waals surface area contributed by atoms with Crippen LogP contribution < -0.4 is 36.5 Å². The highest BCUT2D eigenvalue weighted by Gasteiger charge is 2.19. The minimum absolute atomic E-state index is 0.277. The molecule has 0 unspecified atom stereocenters. The fraction of sp³-hybridized carbons (Fsp3) is 0.500. The van der Waals surface area contributed by atoms with Gasteiger partial charge < -0.3 is 30.4 Å². The third-order valence-corrected chi connectivity index (χ3v) is 6.23. The molecule has 7 nitrogen and oxygen atoms in total. The van der Waals surface area contributed by atoms with Crippen molar-refractivity contribution in [3.8, 4) is 11.5 Å². The summed E-state index contributed by atoms with van der Waals surface area (Å²) in [5.74, 6) is 2.23. The molecule has 2 aliphatic heterocycles. The van der Waals surface area contributed by atoms with Gasteiger partial charge in [0.1, 0.15) is 11.2 Å². The molecular weight excluding hydrogens is 398 g/mol. The number of ether oxygens (including phenoxy) is 2. The molecule has 4 N–H and O–H groups in total. The predicted molar refractivity (Wildman–Crippen MR) is 120 cm³/mol. The van der Waals surface area contributed by atoms with E-state index in [-0.39, 0.29) is 12.2 Å². The van der Waals surface area contributed by atoms with E-state index >= 15 is 0 Å². The van der Waals surface area contributed by atoms with E-state index in [2.05, 4.69) is 49.0 Å². The molecule has 0 saturated carbocycles.